The van der Waals surface area contributed by atoms with E-state index in [1.165, 1.54) is 58.0 Å². The number of amides is 3. The third-order valence-electron chi connectivity index (χ3n) is 23.7. The van der Waals surface area contributed by atoms with Gasteiger partial charge in [-0.2, -0.15) is 0 Å². The summed E-state index contributed by atoms with van der Waals surface area (Å²) in [5, 5.41) is 9.97. The van der Waals surface area contributed by atoms with Crippen LogP contribution in [-0.2, 0) is 42.8 Å². The standard InChI is InChI=1S/2C30H44N2O6S.C25H33F2NO3S.2ClH/c2*1-20(2)38-30(35)37-19-36-29(34)27-25(18-26(39-27)22-8-6-5-7-9-22)32(24-14-16-31(4)17-15-24)28(33)23-12-10-21(3)11-13-23;1-16-7-9-18(10-8-16)23(29)28(19-11-13-25(26,27)14-12-19)20-15-21(32-22(20)24(30)31)17-5-3-2-4-6-17;;/h2*8,18,20-21,23-24H,5-7,9-17,19H2,1-4H3;5,15-16,18-19H,2-4,6-14H2,1H3,(H,30,31);2*1H. The van der Waals surface area contributed by atoms with Crippen LogP contribution in [0.25, 0.3) is 16.7 Å². The summed E-state index contributed by atoms with van der Waals surface area (Å²) in [6, 6.07) is 5.60. The van der Waals surface area contributed by atoms with Crippen molar-refractivity contribution in [3.8, 4) is 0 Å². The van der Waals surface area contributed by atoms with E-state index < -0.39 is 49.7 Å². The molecule has 112 heavy (non-hydrogen) atoms. The Bertz CT molecular complexity index is 3550. The highest BCUT2D eigenvalue weighted by Gasteiger charge is 2.44. The summed E-state index contributed by atoms with van der Waals surface area (Å²) < 4.78 is 58.4. The molecule has 5 heterocycles. The monoisotopic (exact) mass is 1660 g/mol. The molecule has 3 aromatic heterocycles. The summed E-state index contributed by atoms with van der Waals surface area (Å²) >= 11 is 3.98. The molecule has 20 nitrogen and oxygen atoms in total. The SMILES string of the molecule is CC1CCC(C(=O)N(c2cc(C3=CCCCC3)sc2C(=O)O)C2CCC(F)(F)CC2)CC1.CC1CCC(C(=O)N(c2cc(C3=CCCCC3)sc2C(=O)OCOC(=O)OC(C)C)C2CCN(C)CC2)CC1.CC1CCC(C(=O)N(c2cc(C3=CCCCC3)sc2C(=O)OCOC(=O)OC(C)C)C2CCN(C)CC2)CC1.Cl.Cl. The number of alkyl halides is 2. The van der Waals surface area contributed by atoms with Crippen molar-refractivity contribution in [1.82, 2.24) is 9.80 Å². The van der Waals surface area contributed by atoms with Gasteiger partial charge in [-0.25, -0.2) is 32.8 Å². The van der Waals surface area contributed by atoms with Gasteiger partial charge in [-0.05, 0) is 313 Å². The van der Waals surface area contributed by atoms with Gasteiger partial charge in [0.05, 0.1) is 29.3 Å². The lowest BCUT2D eigenvalue weighted by molar-refractivity contribution is -0.125. The molecule has 624 valence electrons. The van der Waals surface area contributed by atoms with Crippen LogP contribution < -0.4 is 14.7 Å². The first-order valence-electron chi connectivity index (χ1n) is 41.2. The Morgan fingerprint density at radius 2 is 0.741 bits per heavy atom. The van der Waals surface area contributed by atoms with Gasteiger partial charge in [0.2, 0.25) is 37.2 Å². The molecule has 6 fully saturated rings. The molecule has 27 heteroatoms. The van der Waals surface area contributed by atoms with Crippen molar-refractivity contribution < 1.29 is 80.7 Å². The van der Waals surface area contributed by atoms with Gasteiger partial charge < -0.3 is 58.0 Å². The number of ether oxygens (including phenoxy) is 6. The maximum atomic E-state index is 14.2. The lowest BCUT2D eigenvalue weighted by atomic mass is 9.81. The third kappa shape index (κ3) is 25.5. The van der Waals surface area contributed by atoms with Gasteiger partial charge in [0, 0.05) is 63.4 Å². The van der Waals surface area contributed by atoms with E-state index in [9.17, 15) is 52.2 Å². The molecule has 3 amide bonds. The Labute approximate surface area is 686 Å². The molecule has 2 saturated heterocycles. The topological polar surface area (TPSA) is 228 Å². The number of esters is 2. The predicted molar refractivity (Wildman–Crippen MR) is 444 cm³/mol. The smallest absolute Gasteiger partial charge is 0.477 e. The van der Waals surface area contributed by atoms with Crippen molar-refractivity contribution >= 4 is 141 Å². The van der Waals surface area contributed by atoms with Crippen molar-refractivity contribution in [2.75, 3.05) is 68.6 Å². The van der Waals surface area contributed by atoms with Crippen LogP contribution in [0.15, 0.2) is 36.4 Å². The quantitative estimate of drug-likeness (QED) is 0.0594. The molecule has 0 aromatic carbocycles. The van der Waals surface area contributed by atoms with Crippen LogP contribution in [0.1, 0.15) is 298 Å². The summed E-state index contributed by atoms with van der Waals surface area (Å²) in [5.41, 5.74) is 5.31. The van der Waals surface area contributed by atoms with Crippen LogP contribution in [0.4, 0.5) is 35.4 Å². The van der Waals surface area contributed by atoms with E-state index in [1.54, 1.807) is 32.6 Å². The van der Waals surface area contributed by atoms with Gasteiger partial charge in [0.1, 0.15) is 14.6 Å². The van der Waals surface area contributed by atoms with E-state index in [4.69, 9.17) is 28.4 Å². The first kappa shape index (κ1) is 91.6. The second kappa shape index (κ2) is 43.8. The van der Waals surface area contributed by atoms with Crippen molar-refractivity contribution in [2.45, 2.75) is 290 Å². The van der Waals surface area contributed by atoms with Gasteiger partial charge in [-0.1, -0.05) is 39.0 Å². The number of carboxylic acid groups (broad SMARTS) is 1. The van der Waals surface area contributed by atoms with Gasteiger partial charge in [0.25, 0.3) is 0 Å². The molecule has 0 spiro atoms. The van der Waals surface area contributed by atoms with Crippen LogP contribution in [0, 0.1) is 35.5 Å². The zero-order valence-electron chi connectivity index (χ0n) is 67.4. The number of anilines is 3. The number of rotatable bonds is 21. The lowest BCUT2D eigenvalue weighted by Gasteiger charge is -2.40. The molecule has 3 aromatic rings. The Hall–Kier alpha value is -5.96. The van der Waals surface area contributed by atoms with Gasteiger partial charge in [-0.3, -0.25) is 14.4 Å². The third-order valence-corrected chi connectivity index (χ3v) is 27.2. The Morgan fingerprint density at radius 3 is 1.03 bits per heavy atom. The Balaban J connectivity index is 0.000000210. The van der Waals surface area contributed by atoms with Crippen LogP contribution in [-0.4, -0.2) is 153 Å². The van der Waals surface area contributed by atoms with E-state index in [1.807, 2.05) is 28.0 Å². The minimum Gasteiger partial charge on any atom is -0.477 e. The molecule has 2 aliphatic heterocycles. The number of halogens is 4. The number of carbonyl (C=O) groups is 8. The fourth-order valence-corrected chi connectivity index (χ4v) is 20.3. The Morgan fingerprint density at radius 1 is 0.446 bits per heavy atom. The van der Waals surface area contributed by atoms with Crippen molar-refractivity contribution in [3.05, 3.63) is 65.7 Å². The number of piperidine rings is 2. The summed E-state index contributed by atoms with van der Waals surface area (Å²) in [4.78, 5) is 119. The van der Waals surface area contributed by atoms with Crippen LogP contribution in [0.3, 0.4) is 0 Å². The highest BCUT2D eigenvalue weighted by molar-refractivity contribution is 7.16. The molecule has 7 aliphatic carbocycles. The maximum absolute atomic E-state index is 14.2. The summed E-state index contributed by atoms with van der Waals surface area (Å²) in [6.07, 6.45) is 31.4. The largest absolute Gasteiger partial charge is 0.511 e. The van der Waals surface area contributed by atoms with Crippen molar-refractivity contribution in [1.29, 1.82) is 0 Å². The molecular formula is C85H123Cl2F2N5O15S3. The first-order valence-corrected chi connectivity index (χ1v) is 43.6. The second-order valence-electron chi connectivity index (χ2n) is 33.1. The van der Waals surface area contributed by atoms with Crippen LogP contribution >= 0.6 is 58.8 Å². The number of thiophene rings is 3. The molecule has 0 bridgehead atoms. The minimum atomic E-state index is -2.70. The number of nitrogens with zero attached hydrogens (tertiary/aromatic N) is 5. The number of hydrogen-bond acceptors (Lipinski definition) is 19. The molecule has 1 N–H and O–H groups in total. The highest BCUT2D eigenvalue weighted by Crippen LogP contribution is 2.47. The molecule has 12 rings (SSSR count). The zero-order valence-corrected chi connectivity index (χ0v) is 71.5. The fraction of sp³-hybridized carbons (Fsp3) is 0.694. The van der Waals surface area contributed by atoms with Crippen LogP contribution in [0.5, 0.6) is 0 Å². The zero-order chi connectivity index (χ0) is 78.8. The summed E-state index contributed by atoms with van der Waals surface area (Å²) in [7, 11) is 4.21. The fourth-order valence-electron chi connectivity index (χ4n) is 17.0. The second-order valence-corrected chi connectivity index (χ2v) is 36.2. The average Bonchev–Trinajstić information content (AvgIpc) is 1.60. The molecule has 4 saturated carbocycles. The molecular weight excluding hydrogens is 1540 g/mol. The van der Waals surface area contributed by atoms with E-state index >= 15 is 0 Å². The number of hydrogen-bond donors (Lipinski definition) is 1. The average molecular weight is 1660 g/mol. The van der Waals surface area contributed by atoms with Gasteiger partial charge >= 0.3 is 30.2 Å². The molecule has 9 aliphatic rings. The summed E-state index contributed by atoms with van der Waals surface area (Å²) in [5.74, 6) is -3.09. The number of allylic oxidation sites excluding steroid dienone is 6. The van der Waals surface area contributed by atoms with Gasteiger partial charge in [0.15, 0.2) is 0 Å². The van der Waals surface area contributed by atoms with Gasteiger partial charge in [-0.15, -0.1) is 58.8 Å². The molecule has 0 unspecified atom stereocenters. The maximum Gasteiger partial charge on any atom is 0.511 e. The van der Waals surface area contributed by atoms with E-state index in [0.29, 0.717) is 44.6 Å². The summed E-state index contributed by atoms with van der Waals surface area (Å²) in [6.45, 7) is 16.1. The molecule has 0 radical (unpaired) electrons. The number of likely N-dealkylation sites (tertiary alicyclic amines) is 2. The molecule has 0 atom stereocenters. The minimum absolute atomic E-state index is 0. The van der Waals surface area contributed by atoms with Crippen molar-refractivity contribution in [3.63, 3.8) is 0 Å². The number of aromatic carboxylic acids is 1. The van der Waals surface area contributed by atoms with Crippen LogP contribution in [0.2, 0.25) is 0 Å². The van der Waals surface area contributed by atoms with Crippen molar-refractivity contribution in [2.24, 2.45) is 35.5 Å². The van der Waals surface area contributed by atoms with E-state index in [0.717, 1.165) is 213 Å². The highest BCUT2D eigenvalue weighted by atomic mass is 35.5. The first-order chi connectivity index (χ1) is 52.7. The van der Waals surface area contributed by atoms with E-state index in [-0.39, 0.29) is 121 Å². The predicted octanol–water partition coefficient (Wildman–Crippen LogP) is 21.3. The normalized spacial score (nSPS) is 23.4. The number of carboxylic acids is 1. The number of carbonyl (C=O) groups excluding carboxylic acids is 7. The lowest BCUT2D eigenvalue weighted by Crippen LogP contribution is -2.49. The Kier molecular flexibility index (Phi) is 35.8. The van der Waals surface area contributed by atoms with E-state index in [2.05, 4.69) is 62.9 Å².